The molecule has 2 amide bonds. The van der Waals surface area contributed by atoms with Crippen LogP contribution in [0, 0.1) is 11.8 Å². The van der Waals surface area contributed by atoms with E-state index in [2.05, 4.69) is 5.32 Å². The second kappa shape index (κ2) is 7.97. The lowest BCUT2D eigenvalue weighted by molar-refractivity contribution is -0.143. The molecule has 1 rings (SSSR count). The minimum absolute atomic E-state index is 0.00818. The number of aliphatic hydroxyl groups excluding tert-OH is 1. The van der Waals surface area contributed by atoms with Gasteiger partial charge in [-0.15, -0.1) is 0 Å². The molecule has 0 aliphatic carbocycles. The van der Waals surface area contributed by atoms with Crippen LogP contribution >= 0.6 is 0 Å². The Hall–Kier alpha value is -1.63. The van der Waals surface area contributed by atoms with Gasteiger partial charge in [-0.3, -0.25) is 9.59 Å². The second-order valence-electron chi connectivity index (χ2n) is 5.67. The fourth-order valence-electron chi connectivity index (χ4n) is 2.40. The monoisotopic (exact) mass is 300 g/mol. The molecule has 0 aromatic rings. The van der Waals surface area contributed by atoms with Gasteiger partial charge in [-0.25, -0.2) is 4.79 Å². The number of carbonyl (C=O) groups excluding carboxylic acids is 2. The van der Waals surface area contributed by atoms with Crippen LogP contribution in [-0.4, -0.2) is 58.6 Å². The number of aliphatic hydroxyl groups is 1. The van der Waals surface area contributed by atoms with Gasteiger partial charge in [0.15, 0.2) is 0 Å². The maximum absolute atomic E-state index is 12.0. The third kappa shape index (κ3) is 5.00. The number of amides is 2. The van der Waals surface area contributed by atoms with Gasteiger partial charge in [0.25, 0.3) is 0 Å². The smallest absolute Gasteiger partial charge is 0.326 e. The van der Waals surface area contributed by atoms with E-state index in [1.54, 1.807) is 4.90 Å². The first-order chi connectivity index (χ1) is 9.86. The van der Waals surface area contributed by atoms with E-state index in [4.69, 9.17) is 10.2 Å². The van der Waals surface area contributed by atoms with Crippen LogP contribution in [0.15, 0.2) is 0 Å². The molecular weight excluding hydrogens is 276 g/mol. The third-order valence-electron chi connectivity index (χ3n) is 3.70. The first kappa shape index (κ1) is 17.4. The van der Waals surface area contributed by atoms with Crippen LogP contribution in [0.2, 0.25) is 0 Å². The first-order valence-corrected chi connectivity index (χ1v) is 7.29. The Kier molecular flexibility index (Phi) is 6.61. The molecule has 0 bridgehead atoms. The normalized spacial score (nSPS) is 17.6. The molecule has 0 saturated carbocycles. The van der Waals surface area contributed by atoms with Gasteiger partial charge in [-0.1, -0.05) is 13.8 Å². The van der Waals surface area contributed by atoms with Gasteiger partial charge in [0.1, 0.15) is 6.04 Å². The zero-order chi connectivity index (χ0) is 16.0. The predicted octanol–water partition coefficient (Wildman–Crippen LogP) is -0.167. The Morgan fingerprint density at radius 3 is 2.24 bits per heavy atom. The van der Waals surface area contributed by atoms with Crippen molar-refractivity contribution in [1.82, 2.24) is 10.2 Å². The summed E-state index contributed by atoms with van der Waals surface area (Å²) in [6.07, 6.45) is 1.07. The number of carbonyl (C=O) groups is 3. The molecule has 0 unspecified atom stereocenters. The molecule has 1 fully saturated rings. The Bertz CT molecular complexity index is 389. The van der Waals surface area contributed by atoms with Crippen molar-refractivity contribution in [3.63, 3.8) is 0 Å². The number of carboxylic acid groups (broad SMARTS) is 1. The molecule has 1 atom stereocenters. The molecule has 0 radical (unpaired) electrons. The Labute approximate surface area is 124 Å². The third-order valence-corrected chi connectivity index (χ3v) is 3.70. The molecule has 7 heteroatoms. The van der Waals surface area contributed by atoms with Crippen LogP contribution in [0.5, 0.6) is 0 Å². The number of carboxylic acids is 1. The summed E-state index contributed by atoms with van der Waals surface area (Å²) in [7, 11) is 0. The lowest BCUT2D eigenvalue weighted by Gasteiger charge is -2.32. The van der Waals surface area contributed by atoms with Crippen LogP contribution in [0.1, 0.15) is 33.1 Å². The standard InChI is InChI=1S/C14H24N2O5/c1-9(2)13(19)16-6-3-10(4-7-16)12(18)15-11(5-8-17)14(20)21/h9-11,17H,3-8H2,1-2H3,(H,15,18)(H,20,21)/t11-/m0/s1. The lowest BCUT2D eigenvalue weighted by Crippen LogP contribution is -2.48. The topological polar surface area (TPSA) is 107 Å². The fraction of sp³-hybridized carbons (Fsp3) is 0.786. The minimum atomic E-state index is -1.15. The zero-order valence-electron chi connectivity index (χ0n) is 12.5. The van der Waals surface area contributed by atoms with E-state index >= 15 is 0 Å². The number of hydrogen-bond donors (Lipinski definition) is 3. The molecule has 0 aromatic heterocycles. The summed E-state index contributed by atoms with van der Waals surface area (Å²) in [5, 5.41) is 20.2. The Balaban J connectivity index is 2.48. The maximum Gasteiger partial charge on any atom is 0.326 e. The predicted molar refractivity (Wildman–Crippen MR) is 75.4 cm³/mol. The molecule has 1 saturated heterocycles. The molecule has 1 aliphatic heterocycles. The number of nitrogens with zero attached hydrogens (tertiary/aromatic N) is 1. The molecule has 21 heavy (non-hydrogen) atoms. The number of nitrogens with one attached hydrogen (secondary N) is 1. The highest BCUT2D eigenvalue weighted by Gasteiger charge is 2.30. The van der Waals surface area contributed by atoms with E-state index in [1.807, 2.05) is 13.8 Å². The number of hydrogen-bond acceptors (Lipinski definition) is 4. The quantitative estimate of drug-likeness (QED) is 0.631. The van der Waals surface area contributed by atoms with Gasteiger partial charge < -0.3 is 20.4 Å². The van der Waals surface area contributed by atoms with Gasteiger partial charge in [-0.05, 0) is 12.8 Å². The van der Waals surface area contributed by atoms with Crippen molar-refractivity contribution >= 4 is 17.8 Å². The van der Waals surface area contributed by atoms with Crippen LogP contribution in [0.25, 0.3) is 0 Å². The Morgan fingerprint density at radius 1 is 1.24 bits per heavy atom. The van der Waals surface area contributed by atoms with Gasteiger partial charge in [-0.2, -0.15) is 0 Å². The van der Waals surface area contributed by atoms with Gasteiger partial charge in [0.2, 0.25) is 11.8 Å². The van der Waals surface area contributed by atoms with E-state index in [1.165, 1.54) is 0 Å². The number of rotatable bonds is 6. The van der Waals surface area contributed by atoms with E-state index in [0.29, 0.717) is 25.9 Å². The summed E-state index contributed by atoms with van der Waals surface area (Å²) in [6.45, 7) is 4.43. The molecule has 0 spiro atoms. The molecule has 1 heterocycles. The molecule has 120 valence electrons. The maximum atomic E-state index is 12.0. The average molecular weight is 300 g/mol. The first-order valence-electron chi connectivity index (χ1n) is 7.29. The van der Waals surface area contributed by atoms with Crippen molar-refractivity contribution in [2.45, 2.75) is 39.2 Å². The van der Waals surface area contributed by atoms with Crippen molar-refractivity contribution in [2.24, 2.45) is 11.8 Å². The van der Waals surface area contributed by atoms with Crippen molar-refractivity contribution in [2.75, 3.05) is 19.7 Å². The van der Waals surface area contributed by atoms with Crippen LogP contribution in [0.3, 0.4) is 0 Å². The highest BCUT2D eigenvalue weighted by atomic mass is 16.4. The molecular formula is C14H24N2O5. The van der Waals surface area contributed by atoms with E-state index in [0.717, 1.165) is 0 Å². The highest BCUT2D eigenvalue weighted by molar-refractivity contribution is 5.85. The van der Waals surface area contributed by atoms with E-state index in [9.17, 15) is 14.4 Å². The average Bonchev–Trinajstić information content (AvgIpc) is 2.45. The lowest BCUT2D eigenvalue weighted by atomic mass is 9.94. The fourth-order valence-corrected chi connectivity index (χ4v) is 2.40. The summed E-state index contributed by atoms with van der Waals surface area (Å²) < 4.78 is 0. The Morgan fingerprint density at radius 2 is 1.81 bits per heavy atom. The molecule has 0 aromatic carbocycles. The van der Waals surface area contributed by atoms with E-state index < -0.39 is 12.0 Å². The second-order valence-corrected chi connectivity index (χ2v) is 5.67. The van der Waals surface area contributed by atoms with Gasteiger partial charge in [0.05, 0.1) is 0 Å². The summed E-state index contributed by atoms with van der Waals surface area (Å²) in [5.74, 6) is -1.71. The van der Waals surface area contributed by atoms with Crippen LogP contribution < -0.4 is 5.32 Å². The summed E-state index contributed by atoms with van der Waals surface area (Å²) in [4.78, 5) is 36.6. The molecule has 7 nitrogen and oxygen atoms in total. The molecule has 1 aliphatic rings. The minimum Gasteiger partial charge on any atom is -0.480 e. The summed E-state index contributed by atoms with van der Waals surface area (Å²) in [6, 6.07) is -1.06. The summed E-state index contributed by atoms with van der Waals surface area (Å²) in [5.41, 5.74) is 0. The van der Waals surface area contributed by atoms with Crippen molar-refractivity contribution in [1.29, 1.82) is 0 Å². The largest absolute Gasteiger partial charge is 0.480 e. The number of piperidine rings is 1. The zero-order valence-corrected chi connectivity index (χ0v) is 12.5. The highest BCUT2D eigenvalue weighted by Crippen LogP contribution is 2.19. The SMILES string of the molecule is CC(C)C(=O)N1CCC(C(=O)N[C@@H](CCO)C(=O)O)CC1. The number of likely N-dealkylation sites (tertiary alicyclic amines) is 1. The molecule has 3 N–H and O–H groups in total. The van der Waals surface area contributed by atoms with E-state index in [-0.39, 0.29) is 36.7 Å². The van der Waals surface area contributed by atoms with Crippen molar-refractivity contribution < 1.29 is 24.6 Å². The van der Waals surface area contributed by atoms with Crippen LogP contribution in [-0.2, 0) is 14.4 Å². The van der Waals surface area contributed by atoms with Crippen molar-refractivity contribution in [3.05, 3.63) is 0 Å². The van der Waals surface area contributed by atoms with Crippen LogP contribution in [0.4, 0.5) is 0 Å². The summed E-state index contributed by atoms with van der Waals surface area (Å²) >= 11 is 0. The van der Waals surface area contributed by atoms with Crippen molar-refractivity contribution in [3.8, 4) is 0 Å². The van der Waals surface area contributed by atoms with Gasteiger partial charge in [0, 0.05) is 38.0 Å². The number of aliphatic carboxylic acids is 1. The van der Waals surface area contributed by atoms with Gasteiger partial charge >= 0.3 is 5.97 Å².